The molecule has 1 atom stereocenters. The molecule has 164 valence electrons. The molecular formula is C23H28ClN5O2. The number of H-pyrrole nitrogens is 1. The molecule has 1 aliphatic heterocycles. The number of aromatic nitrogens is 3. The largest absolute Gasteiger partial charge is 0.358 e. The van der Waals surface area contributed by atoms with Gasteiger partial charge in [0.25, 0.3) is 0 Å². The van der Waals surface area contributed by atoms with Gasteiger partial charge in [-0.2, -0.15) is 0 Å². The number of nitrogens with zero attached hydrogens (tertiary/aromatic N) is 3. The Kier molecular flexibility index (Phi) is 6.61. The lowest BCUT2D eigenvalue weighted by Crippen LogP contribution is -2.42. The van der Waals surface area contributed by atoms with Crippen molar-refractivity contribution in [2.24, 2.45) is 5.92 Å². The lowest BCUT2D eigenvalue weighted by Gasteiger charge is -2.32. The van der Waals surface area contributed by atoms with Crippen LogP contribution in [-0.2, 0) is 22.6 Å². The maximum Gasteiger partial charge on any atom is 0.227 e. The van der Waals surface area contributed by atoms with E-state index in [9.17, 15) is 9.59 Å². The number of hydrogen-bond donors (Lipinski definition) is 2. The Morgan fingerprint density at radius 2 is 2.23 bits per heavy atom. The van der Waals surface area contributed by atoms with E-state index in [0.29, 0.717) is 37.5 Å². The summed E-state index contributed by atoms with van der Waals surface area (Å²) in [7, 11) is 0. The van der Waals surface area contributed by atoms with Crippen molar-refractivity contribution < 1.29 is 9.59 Å². The molecule has 0 aliphatic carbocycles. The van der Waals surface area contributed by atoms with Gasteiger partial charge in [-0.1, -0.05) is 11.6 Å². The van der Waals surface area contributed by atoms with Crippen molar-refractivity contribution in [3.8, 4) is 0 Å². The van der Waals surface area contributed by atoms with Gasteiger partial charge in [0.15, 0.2) is 0 Å². The third-order valence-corrected chi connectivity index (χ3v) is 6.24. The van der Waals surface area contributed by atoms with Crippen molar-refractivity contribution >= 4 is 34.3 Å². The molecule has 0 saturated carbocycles. The first-order valence-electron chi connectivity index (χ1n) is 10.8. The van der Waals surface area contributed by atoms with Gasteiger partial charge in [-0.15, -0.1) is 0 Å². The number of aryl methyl sites for hydroxylation is 1. The molecule has 1 saturated heterocycles. The average molecular weight is 442 g/mol. The van der Waals surface area contributed by atoms with Gasteiger partial charge in [0.05, 0.1) is 12.7 Å². The summed E-state index contributed by atoms with van der Waals surface area (Å²) in [6.07, 6.45) is 8.03. The minimum Gasteiger partial charge on any atom is -0.358 e. The highest BCUT2D eigenvalue weighted by atomic mass is 35.5. The maximum atomic E-state index is 13.1. The molecule has 0 spiro atoms. The second-order valence-corrected chi connectivity index (χ2v) is 8.73. The van der Waals surface area contributed by atoms with Crippen molar-refractivity contribution in [2.75, 3.05) is 19.6 Å². The molecule has 4 rings (SSSR count). The number of likely N-dealkylation sites (tertiary alicyclic amines) is 1. The van der Waals surface area contributed by atoms with E-state index in [1.54, 1.807) is 12.5 Å². The average Bonchev–Trinajstić information content (AvgIpc) is 3.36. The summed E-state index contributed by atoms with van der Waals surface area (Å²) in [4.78, 5) is 34.6. The number of carbonyl (C=O) groups excluding carboxylic acids is 2. The van der Waals surface area contributed by atoms with E-state index in [1.807, 2.05) is 40.8 Å². The van der Waals surface area contributed by atoms with E-state index in [2.05, 4.69) is 15.3 Å². The molecule has 2 N–H and O–H groups in total. The summed E-state index contributed by atoms with van der Waals surface area (Å²) in [6, 6.07) is 5.71. The lowest BCUT2D eigenvalue weighted by molar-refractivity contribution is -0.133. The topological polar surface area (TPSA) is 83.0 Å². The van der Waals surface area contributed by atoms with Gasteiger partial charge in [0.2, 0.25) is 11.8 Å². The highest BCUT2D eigenvalue weighted by Crippen LogP contribution is 2.27. The number of fused-ring (bicyclic) bond motifs is 1. The summed E-state index contributed by atoms with van der Waals surface area (Å²) in [5, 5.41) is 4.64. The van der Waals surface area contributed by atoms with Crippen molar-refractivity contribution in [1.82, 2.24) is 24.8 Å². The van der Waals surface area contributed by atoms with Gasteiger partial charge < -0.3 is 19.8 Å². The van der Waals surface area contributed by atoms with Crippen LogP contribution < -0.4 is 5.32 Å². The van der Waals surface area contributed by atoms with Crippen LogP contribution in [0.3, 0.4) is 0 Å². The summed E-state index contributed by atoms with van der Waals surface area (Å²) in [6.45, 7) is 4.65. The Hall–Kier alpha value is -2.80. The van der Waals surface area contributed by atoms with Gasteiger partial charge in [-0.3, -0.25) is 9.59 Å². The van der Waals surface area contributed by atoms with Gasteiger partial charge in [0.1, 0.15) is 0 Å². The van der Waals surface area contributed by atoms with Crippen molar-refractivity contribution in [2.45, 2.75) is 39.2 Å². The molecular weight excluding hydrogens is 414 g/mol. The normalized spacial score (nSPS) is 16.6. The fourth-order valence-corrected chi connectivity index (χ4v) is 4.55. The van der Waals surface area contributed by atoms with Crippen LogP contribution in [0.5, 0.6) is 0 Å². The summed E-state index contributed by atoms with van der Waals surface area (Å²) >= 11 is 6.17. The van der Waals surface area contributed by atoms with Crippen LogP contribution in [-0.4, -0.2) is 50.9 Å². The van der Waals surface area contributed by atoms with Crippen LogP contribution in [0.25, 0.3) is 10.9 Å². The first-order chi connectivity index (χ1) is 15.0. The van der Waals surface area contributed by atoms with Crippen LogP contribution in [0, 0.1) is 12.8 Å². The monoisotopic (exact) mass is 441 g/mol. The molecule has 7 nitrogen and oxygen atoms in total. The highest BCUT2D eigenvalue weighted by molar-refractivity contribution is 6.31. The maximum absolute atomic E-state index is 13.1. The number of hydrogen-bond acceptors (Lipinski definition) is 3. The first-order valence-corrected chi connectivity index (χ1v) is 11.1. The molecule has 3 heterocycles. The second-order valence-electron chi connectivity index (χ2n) is 8.30. The number of nitrogens with one attached hydrogen (secondary N) is 2. The lowest BCUT2D eigenvalue weighted by atomic mass is 9.94. The zero-order valence-electron chi connectivity index (χ0n) is 17.7. The molecule has 1 fully saturated rings. The van der Waals surface area contributed by atoms with E-state index in [-0.39, 0.29) is 17.7 Å². The zero-order valence-corrected chi connectivity index (χ0v) is 18.5. The number of imidazole rings is 1. The van der Waals surface area contributed by atoms with Crippen LogP contribution in [0.15, 0.2) is 36.9 Å². The van der Waals surface area contributed by atoms with Gasteiger partial charge in [-0.05, 0) is 49.4 Å². The highest BCUT2D eigenvalue weighted by Gasteiger charge is 2.26. The Labute approximate surface area is 186 Å². The number of aromatic amines is 1. The van der Waals surface area contributed by atoms with E-state index in [4.69, 9.17) is 11.6 Å². The smallest absolute Gasteiger partial charge is 0.227 e. The van der Waals surface area contributed by atoms with E-state index in [1.165, 1.54) is 0 Å². The SMILES string of the molecule is Cc1[nH]c2ccc(Cl)cc2c1CC(=O)N1CCCC(CC(=O)NCCn2ccnc2)C1. The third-order valence-electron chi connectivity index (χ3n) is 6.01. The quantitative estimate of drug-likeness (QED) is 0.590. The molecule has 1 aromatic carbocycles. The number of carbonyl (C=O) groups is 2. The fourth-order valence-electron chi connectivity index (χ4n) is 4.38. The van der Waals surface area contributed by atoms with Crippen LogP contribution in [0.2, 0.25) is 5.02 Å². The van der Waals surface area contributed by atoms with Crippen LogP contribution >= 0.6 is 11.6 Å². The number of benzene rings is 1. The van der Waals surface area contributed by atoms with Crippen LogP contribution in [0.4, 0.5) is 0 Å². The summed E-state index contributed by atoms with van der Waals surface area (Å²) < 4.78 is 1.93. The molecule has 1 unspecified atom stereocenters. The predicted octanol–water partition coefficient (Wildman–Crippen LogP) is 3.31. The van der Waals surface area contributed by atoms with Crippen molar-refractivity contribution in [3.63, 3.8) is 0 Å². The first kappa shape index (κ1) is 21.4. The zero-order chi connectivity index (χ0) is 21.8. The molecule has 1 aliphatic rings. The fraction of sp³-hybridized carbons (Fsp3) is 0.435. The molecule has 0 radical (unpaired) electrons. The molecule has 2 aromatic heterocycles. The molecule has 31 heavy (non-hydrogen) atoms. The van der Waals surface area contributed by atoms with E-state index >= 15 is 0 Å². The molecule has 3 aromatic rings. The van der Waals surface area contributed by atoms with Gasteiger partial charge in [0, 0.05) is 66.6 Å². The van der Waals surface area contributed by atoms with Crippen molar-refractivity contribution in [3.05, 3.63) is 53.2 Å². The number of amides is 2. The number of halogens is 1. The Morgan fingerprint density at radius 3 is 3.03 bits per heavy atom. The predicted molar refractivity (Wildman–Crippen MR) is 121 cm³/mol. The summed E-state index contributed by atoms with van der Waals surface area (Å²) in [5.41, 5.74) is 2.99. The van der Waals surface area contributed by atoms with E-state index < -0.39 is 0 Å². The Morgan fingerprint density at radius 1 is 1.35 bits per heavy atom. The van der Waals surface area contributed by atoms with Gasteiger partial charge >= 0.3 is 0 Å². The Bertz CT molecular complexity index is 1060. The minimum absolute atomic E-state index is 0.0431. The summed E-state index contributed by atoms with van der Waals surface area (Å²) in [5.74, 6) is 0.347. The standard InChI is InChI=1S/C23H28ClN5O2/c1-16-19(20-12-18(24)4-5-21(20)27-16)13-23(31)29-8-2-3-17(14-29)11-22(30)26-7-10-28-9-6-25-15-28/h4-6,9,12,15,17,27H,2-3,7-8,10-11,13-14H2,1H3,(H,26,30). The van der Waals surface area contributed by atoms with Crippen molar-refractivity contribution in [1.29, 1.82) is 0 Å². The molecule has 8 heteroatoms. The number of piperidine rings is 1. The van der Waals surface area contributed by atoms with Gasteiger partial charge in [-0.25, -0.2) is 4.98 Å². The third kappa shape index (κ3) is 5.28. The molecule has 0 bridgehead atoms. The second kappa shape index (κ2) is 9.56. The number of rotatable bonds is 7. The Balaban J connectivity index is 1.31. The van der Waals surface area contributed by atoms with E-state index in [0.717, 1.165) is 41.5 Å². The molecule has 2 amide bonds. The minimum atomic E-state index is 0.0431. The van der Waals surface area contributed by atoms with Crippen LogP contribution in [0.1, 0.15) is 30.5 Å².